The first-order valence-corrected chi connectivity index (χ1v) is 6.76. The zero-order valence-corrected chi connectivity index (χ0v) is 12.8. The Hall–Kier alpha value is -2.82. The lowest BCUT2D eigenvalue weighted by Gasteiger charge is -2.07. The van der Waals surface area contributed by atoms with Crippen LogP contribution in [0, 0.1) is 6.92 Å². The predicted molar refractivity (Wildman–Crippen MR) is 85.8 cm³/mol. The lowest BCUT2D eigenvalue weighted by Crippen LogP contribution is -2.17. The van der Waals surface area contributed by atoms with Crippen molar-refractivity contribution in [3.63, 3.8) is 0 Å². The molecule has 0 aliphatic carbocycles. The van der Waals surface area contributed by atoms with Gasteiger partial charge in [0.15, 0.2) is 0 Å². The molecule has 0 radical (unpaired) electrons. The maximum atomic E-state index is 11.9. The van der Waals surface area contributed by atoms with Crippen LogP contribution < -0.4 is 14.9 Å². The Labute approximate surface area is 129 Å². The zero-order valence-electron chi connectivity index (χ0n) is 12.8. The molecule has 0 bridgehead atoms. The van der Waals surface area contributed by atoms with Gasteiger partial charge < -0.3 is 9.47 Å². The van der Waals surface area contributed by atoms with Gasteiger partial charge in [-0.1, -0.05) is 17.7 Å². The van der Waals surface area contributed by atoms with E-state index in [4.69, 9.17) is 9.47 Å². The lowest BCUT2D eigenvalue weighted by molar-refractivity contribution is 0.0955. The van der Waals surface area contributed by atoms with Crippen molar-refractivity contribution in [2.75, 3.05) is 14.2 Å². The fraction of sp³-hybridized carbons (Fsp3) is 0.176. The van der Waals surface area contributed by atoms with E-state index in [1.165, 1.54) is 6.21 Å². The van der Waals surface area contributed by atoms with Gasteiger partial charge in [0.1, 0.15) is 11.5 Å². The first-order chi connectivity index (χ1) is 10.6. The van der Waals surface area contributed by atoms with Gasteiger partial charge in [0.2, 0.25) is 0 Å². The van der Waals surface area contributed by atoms with E-state index in [1.54, 1.807) is 44.6 Å². The summed E-state index contributed by atoms with van der Waals surface area (Å²) in [5, 5.41) is 3.96. The summed E-state index contributed by atoms with van der Waals surface area (Å²) in [6, 6.07) is 12.6. The fourth-order valence-corrected chi connectivity index (χ4v) is 1.86. The van der Waals surface area contributed by atoms with Crippen LogP contribution in [0.25, 0.3) is 0 Å². The second-order valence-electron chi connectivity index (χ2n) is 4.67. The van der Waals surface area contributed by atoms with E-state index in [-0.39, 0.29) is 5.91 Å². The molecular weight excluding hydrogens is 280 g/mol. The number of aryl methyl sites for hydroxylation is 1. The van der Waals surface area contributed by atoms with Crippen LogP contribution in [-0.4, -0.2) is 26.3 Å². The molecule has 114 valence electrons. The van der Waals surface area contributed by atoms with Gasteiger partial charge in [0.25, 0.3) is 5.91 Å². The van der Waals surface area contributed by atoms with Crippen LogP contribution in [0.1, 0.15) is 21.5 Å². The molecule has 0 saturated carbocycles. The number of nitrogens with zero attached hydrogens (tertiary/aromatic N) is 1. The van der Waals surface area contributed by atoms with E-state index >= 15 is 0 Å². The van der Waals surface area contributed by atoms with Crippen molar-refractivity contribution < 1.29 is 14.3 Å². The molecule has 0 aliphatic rings. The summed E-state index contributed by atoms with van der Waals surface area (Å²) in [7, 11) is 3.15. The highest BCUT2D eigenvalue weighted by Crippen LogP contribution is 2.22. The number of benzene rings is 2. The van der Waals surface area contributed by atoms with Gasteiger partial charge in [0.05, 0.1) is 20.4 Å². The number of hydrogen-bond donors (Lipinski definition) is 1. The summed E-state index contributed by atoms with van der Waals surface area (Å²) in [6.45, 7) is 1.97. The summed E-state index contributed by atoms with van der Waals surface area (Å²) < 4.78 is 10.4. The molecule has 1 amide bonds. The lowest BCUT2D eigenvalue weighted by atomic mass is 10.1. The van der Waals surface area contributed by atoms with E-state index in [2.05, 4.69) is 10.5 Å². The number of ether oxygens (including phenoxy) is 2. The van der Waals surface area contributed by atoms with Gasteiger partial charge in [0, 0.05) is 17.2 Å². The third-order valence-electron chi connectivity index (χ3n) is 3.12. The van der Waals surface area contributed by atoms with Crippen LogP contribution in [0.3, 0.4) is 0 Å². The minimum Gasteiger partial charge on any atom is -0.497 e. The number of methoxy groups -OCH3 is 2. The molecule has 0 aliphatic heterocycles. The Morgan fingerprint density at radius 1 is 1.09 bits per heavy atom. The highest BCUT2D eigenvalue weighted by molar-refractivity contribution is 5.95. The molecule has 0 aromatic heterocycles. The third-order valence-corrected chi connectivity index (χ3v) is 3.12. The van der Waals surface area contributed by atoms with E-state index in [9.17, 15) is 4.79 Å². The van der Waals surface area contributed by atoms with Crippen LogP contribution in [0.15, 0.2) is 47.6 Å². The van der Waals surface area contributed by atoms with E-state index < -0.39 is 0 Å². The molecular formula is C17H18N2O3. The Kier molecular flexibility index (Phi) is 5.14. The molecule has 22 heavy (non-hydrogen) atoms. The summed E-state index contributed by atoms with van der Waals surface area (Å²) in [5.74, 6) is 1.05. The highest BCUT2D eigenvalue weighted by atomic mass is 16.5. The average Bonchev–Trinajstić information content (AvgIpc) is 2.55. The maximum absolute atomic E-state index is 11.9. The average molecular weight is 298 g/mol. The van der Waals surface area contributed by atoms with E-state index in [0.29, 0.717) is 17.1 Å². The van der Waals surface area contributed by atoms with E-state index in [0.717, 1.165) is 11.1 Å². The van der Waals surface area contributed by atoms with Crippen molar-refractivity contribution in [2.45, 2.75) is 6.92 Å². The van der Waals surface area contributed by atoms with Crippen LogP contribution in [0.2, 0.25) is 0 Å². The highest BCUT2D eigenvalue weighted by Gasteiger charge is 2.05. The number of hydrazone groups is 1. The Morgan fingerprint density at radius 3 is 2.45 bits per heavy atom. The number of carbonyl (C=O) groups is 1. The Balaban J connectivity index is 2.06. The van der Waals surface area contributed by atoms with Gasteiger partial charge in [-0.2, -0.15) is 5.10 Å². The molecule has 1 N–H and O–H groups in total. The molecule has 0 saturated heterocycles. The summed E-state index contributed by atoms with van der Waals surface area (Å²) in [5.41, 5.74) is 4.89. The minimum absolute atomic E-state index is 0.260. The van der Waals surface area contributed by atoms with Gasteiger partial charge in [-0.05, 0) is 31.2 Å². The fourth-order valence-electron chi connectivity index (χ4n) is 1.86. The molecule has 2 aromatic rings. The number of rotatable bonds is 5. The first kappa shape index (κ1) is 15.6. The van der Waals surface area contributed by atoms with Crippen molar-refractivity contribution in [3.05, 3.63) is 59.2 Å². The van der Waals surface area contributed by atoms with Crippen molar-refractivity contribution in [3.8, 4) is 11.5 Å². The maximum Gasteiger partial charge on any atom is 0.271 e. The molecule has 0 unspecified atom stereocenters. The first-order valence-electron chi connectivity index (χ1n) is 6.76. The predicted octanol–water partition coefficient (Wildman–Crippen LogP) is 2.78. The molecule has 5 nitrogen and oxygen atoms in total. The van der Waals surface area contributed by atoms with Gasteiger partial charge in [-0.25, -0.2) is 5.43 Å². The quantitative estimate of drug-likeness (QED) is 0.682. The molecule has 2 aromatic carbocycles. The SMILES string of the molecule is COc1ccc(/C=N/NC(=O)c2ccc(C)cc2)c(OC)c1. The van der Waals surface area contributed by atoms with Gasteiger partial charge in [-0.15, -0.1) is 0 Å². The van der Waals surface area contributed by atoms with Crippen LogP contribution >= 0.6 is 0 Å². The number of hydrogen-bond acceptors (Lipinski definition) is 4. The molecule has 0 fully saturated rings. The molecule has 5 heteroatoms. The molecule has 2 rings (SSSR count). The summed E-state index contributed by atoms with van der Waals surface area (Å²) in [4.78, 5) is 11.9. The zero-order chi connectivity index (χ0) is 15.9. The molecule has 0 heterocycles. The van der Waals surface area contributed by atoms with Crippen molar-refractivity contribution >= 4 is 12.1 Å². The van der Waals surface area contributed by atoms with Crippen molar-refractivity contribution in [1.82, 2.24) is 5.43 Å². The van der Waals surface area contributed by atoms with Crippen molar-refractivity contribution in [2.24, 2.45) is 5.10 Å². The Morgan fingerprint density at radius 2 is 1.82 bits per heavy atom. The van der Waals surface area contributed by atoms with Crippen LogP contribution in [-0.2, 0) is 0 Å². The Bertz CT molecular complexity index is 679. The smallest absolute Gasteiger partial charge is 0.271 e. The second kappa shape index (κ2) is 7.26. The summed E-state index contributed by atoms with van der Waals surface area (Å²) in [6.07, 6.45) is 1.53. The largest absolute Gasteiger partial charge is 0.497 e. The summed E-state index contributed by atoms with van der Waals surface area (Å²) >= 11 is 0. The minimum atomic E-state index is -0.260. The molecule has 0 atom stereocenters. The van der Waals surface area contributed by atoms with Crippen LogP contribution in [0.5, 0.6) is 11.5 Å². The van der Waals surface area contributed by atoms with E-state index in [1.807, 2.05) is 19.1 Å². The third kappa shape index (κ3) is 3.85. The van der Waals surface area contributed by atoms with Crippen molar-refractivity contribution in [1.29, 1.82) is 0 Å². The number of carbonyl (C=O) groups excluding carboxylic acids is 1. The van der Waals surface area contributed by atoms with Gasteiger partial charge in [-0.3, -0.25) is 4.79 Å². The molecule has 0 spiro atoms. The monoisotopic (exact) mass is 298 g/mol. The standard InChI is InChI=1S/C17H18N2O3/c1-12-4-6-13(7-5-12)17(20)19-18-11-14-8-9-15(21-2)10-16(14)22-3/h4-11H,1-3H3,(H,19,20)/b18-11+. The van der Waals surface area contributed by atoms with Gasteiger partial charge >= 0.3 is 0 Å². The van der Waals surface area contributed by atoms with Crippen LogP contribution in [0.4, 0.5) is 0 Å². The second-order valence-corrected chi connectivity index (χ2v) is 4.67. The normalized spacial score (nSPS) is 10.5. The number of amides is 1. The number of nitrogens with one attached hydrogen (secondary N) is 1. The topological polar surface area (TPSA) is 59.9 Å².